The van der Waals surface area contributed by atoms with Gasteiger partial charge < -0.3 is 29.3 Å². The quantitative estimate of drug-likeness (QED) is 0.0315. The zero-order valence-electron chi connectivity index (χ0n) is 54.9. The van der Waals surface area contributed by atoms with Gasteiger partial charge in [0.15, 0.2) is 0 Å². The van der Waals surface area contributed by atoms with E-state index in [1.807, 2.05) is 0 Å². The summed E-state index contributed by atoms with van der Waals surface area (Å²) < 4.78 is 21.2. The number of aliphatic hydroxyl groups is 3. The van der Waals surface area contributed by atoms with Crippen LogP contribution in [0.1, 0.15) is 420 Å². The van der Waals surface area contributed by atoms with Gasteiger partial charge in [0.1, 0.15) is 0 Å². The van der Waals surface area contributed by atoms with E-state index < -0.39 is 7.82 Å². The van der Waals surface area contributed by atoms with Gasteiger partial charge in [-0.3, -0.25) is 4.57 Å². The molecular weight excluding hydrogens is 1030 g/mol. The summed E-state index contributed by atoms with van der Waals surface area (Å²) in [6.07, 6.45) is 79.8. The van der Waals surface area contributed by atoms with Gasteiger partial charge in [0, 0.05) is 41.5 Å². The molecule has 0 amide bonds. The van der Waals surface area contributed by atoms with E-state index in [0.717, 1.165) is 57.8 Å². The predicted octanol–water partition coefficient (Wildman–Crippen LogP) is 23.9. The molecule has 0 saturated carbocycles. The Kier molecular flexibility index (Phi) is 98.0. The van der Waals surface area contributed by atoms with E-state index >= 15 is 0 Å². The number of unbranched alkanes of at least 4 members (excludes halogenated alkanes) is 55. The van der Waals surface area contributed by atoms with E-state index in [2.05, 4.69) is 34.6 Å². The number of hydrogen-bond acceptors (Lipinski definition) is 7. The summed E-state index contributed by atoms with van der Waals surface area (Å²) in [4.78, 5) is 11.5. The number of hydrogen-bond donors (Lipinski definition) is 3. The third-order valence-corrected chi connectivity index (χ3v) is 16.5. The van der Waals surface area contributed by atoms with Crippen molar-refractivity contribution >= 4 is 7.82 Å². The van der Waals surface area contributed by atoms with Gasteiger partial charge in [0.25, 0.3) is 7.82 Å². The van der Waals surface area contributed by atoms with Crippen molar-refractivity contribution in [3.63, 3.8) is 0 Å². The normalized spacial score (nSPS) is 11.2. The molecule has 7 nitrogen and oxygen atoms in total. The molecule has 0 aromatic rings. The third-order valence-electron chi connectivity index (χ3n) is 15.5. The number of phosphoric acid groups is 1. The molecule has 0 aromatic carbocycles. The number of rotatable bonds is 64. The molecule has 9 heteroatoms. The first-order chi connectivity index (χ1) is 38.4. The van der Waals surface area contributed by atoms with Crippen LogP contribution in [0.2, 0.25) is 0 Å². The summed E-state index contributed by atoms with van der Waals surface area (Å²) in [5.41, 5.74) is 0. The summed E-state index contributed by atoms with van der Waals surface area (Å²) >= 11 is 0. The minimum atomic E-state index is -4.07. The van der Waals surface area contributed by atoms with Crippen molar-refractivity contribution in [3.05, 3.63) is 0 Å². The minimum absolute atomic E-state index is 0. The maximum Gasteiger partial charge on any atom is 0.267 e. The zero-order valence-corrected chi connectivity index (χ0v) is 57.3. The Morgan fingerprint density at radius 2 is 0.342 bits per heavy atom. The molecule has 0 saturated heterocycles. The maximum atomic E-state index is 11.5. The van der Waals surface area contributed by atoms with Crippen molar-refractivity contribution in [3.8, 4) is 0 Å². The Balaban J connectivity index is -0.000000307. The van der Waals surface area contributed by atoms with Crippen LogP contribution < -0.4 is 4.89 Å². The van der Waals surface area contributed by atoms with Crippen molar-refractivity contribution in [1.82, 2.24) is 0 Å². The average Bonchev–Trinajstić information content (AvgIpc) is 3.44. The fourth-order valence-corrected chi connectivity index (χ4v) is 10.9. The van der Waals surface area contributed by atoms with E-state index in [4.69, 9.17) is 24.4 Å². The van der Waals surface area contributed by atoms with Gasteiger partial charge in [-0.15, -0.1) is 0 Å². The van der Waals surface area contributed by atoms with Gasteiger partial charge in [-0.05, 0) is 32.1 Å². The van der Waals surface area contributed by atoms with E-state index in [0.29, 0.717) is 19.8 Å². The van der Waals surface area contributed by atoms with Crippen LogP contribution in [0.15, 0.2) is 0 Å². The molecule has 0 bridgehead atoms. The van der Waals surface area contributed by atoms with E-state index in [9.17, 15) is 9.46 Å². The molecule has 0 fully saturated rings. The monoisotopic (exact) mass is 1180 g/mol. The average molecular weight is 1180 g/mol. The van der Waals surface area contributed by atoms with Crippen LogP contribution in [0, 0.1) is 0 Å². The van der Waals surface area contributed by atoms with Crippen molar-refractivity contribution in [2.45, 2.75) is 420 Å². The smallest absolute Gasteiger partial charge is 0.267 e. The second kappa shape index (κ2) is 87.5. The molecule has 0 aromatic heterocycles. The standard InChI is InChI=1S/3C18H38O.C16H35O4P.Ti/c3*1-2-3-4-5-6-7-8-9-10-11-12-13-14-15-16-17-18-19;1-3-5-7-9-11-13-15-19-21(17,18)20-16-14-12-10-8-6-4-2;/h3*19H,2-18H2,1H3;3-16H2,1-2H3,(H,17,18);/p-1. The first-order valence-corrected chi connectivity index (χ1v) is 37.3. The molecule has 79 heavy (non-hydrogen) atoms. The largest absolute Gasteiger partial charge is 0.756 e. The Morgan fingerprint density at radius 3 is 0.468 bits per heavy atom. The molecule has 0 atom stereocenters. The minimum Gasteiger partial charge on any atom is -0.756 e. The van der Waals surface area contributed by atoms with Crippen LogP contribution >= 0.6 is 7.82 Å². The topological polar surface area (TPSA) is 119 Å². The number of aliphatic hydroxyl groups excluding tert-OH is 3. The van der Waals surface area contributed by atoms with Gasteiger partial charge in [-0.2, -0.15) is 0 Å². The molecule has 0 spiro atoms. The third kappa shape index (κ3) is 98.1. The van der Waals surface area contributed by atoms with E-state index in [1.165, 1.54) is 327 Å². The van der Waals surface area contributed by atoms with Gasteiger partial charge >= 0.3 is 0 Å². The Hall–Kier alpha value is 0.704. The molecule has 0 rings (SSSR count). The van der Waals surface area contributed by atoms with Crippen LogP contribution in [0.3, 0.4) is 0 Å². The summed E-state index contributed by atoms with van der Waals surface area (Å²) in [5.74, 6) is 0. The second-order valence-electron chi connectivity index (χ2n) is 23.7. The molecule has 0 heterocycles. The summed E-state index contributed by atoms with van der Waals surface area (Å²) in [7, 11) is -4.07. The summed E-state index contributed by atoms with van der Waals surface area (Å²) in [6.45, 7) is 12.8. The van der Waals surface area contributed by atoms with Gasteiger partial charge in [-0.1, -0.05) is 388 Å². The van der Waals surface area contributed by atoms with Crippen molar-refractivity contribution in [2.75, 3.05) is 33.0 Å². The predicted molar refractivity (Wildman–Crippen MR) is 346 cm³/mol. The molecule has 480 valence electrons. The van der Waals surface area contributed by atoms with Crippen LogP contribution in [-0.4, -0.2) is 48.4 Å². The molecule has 3 N–H and O–H groups in total. The van der Waals surface area contributed by atoms with E-state index in [-0.39, 0.29) is 34.9 Å². The molecular formula is C70H148O7PTi-. The maximum absolute atomic E-state index is 11.5. The van der Waals surface area contributed by atoms with Crippen molar-refractivity contribution < 1.29 is 55.5 Å². The van der Waals surface area contributed by atoms with Crippen LogP contribution in [0.25, 0.3) is 0 Å². The van der Waals surface area contributed by atoms with Crippen LogP contribution in [-0.2, 0) is 35.3 Å². The van der Waals surface area contributed by atoms with Crippen molar-refractivity contribution in [2.24, 2.45) is 0 Å². The van der Waals surface area contributed by atoms with Crippen LogP contribution in [0.4, 0.5) is 0 Å². The zero-order chi connectivity index (χ0) is 57.9. The Morgan fingerprint density at radius 1 is 0.228 bits per heavy atom. The Labute approximate surface area is 513 Å². The summed E-state index contributed by atoms with van der Waals surface area (Å²) in [5, 5.41) is 26.0. The molecule has 0 aliphatic heterocycles. The van der Waals surface area contributed by atoms with E-state index in [1.54, 1.807) is 0 Å². The SMILES string of the molecule is CCCCCCCCCCCCCCCCCCO.CCCCCCCCCCCCCCCCCCO.CCCCCCCCCCCCCCCCCCO.CCCCCCCCOP(=O)([O-])OCCCCCCCC.[Ti]. The fraction of sp³-hybridized carbons (Fsp3) is 1.00. The second-order valence-corrected chi connectivity index (χ2v) is 25.1. The first kappa shape index (κ1) is 88.5. The molecule has 0 unspecified atom stereocenters. The molecule has 0 radical (unpaired) electrons. The Bertz CT molecular complexity index is 858. The van der Waals surface area contributed by atoms with Crippen molar-refractivity contribution in [1.29, 1.82) is 0 Å². The molecule has 0 aliphatic rings. The summed E-state index contributed by atoms with van der Waals surface area (Å²) in [6, 6.07) is 0. The fourth-order valence-electron chi connectivity index (χ4n) is 10.1. The van der Waals surface area contributed by atoms with Gasteiger partial charge in [-0.25, -0.2) is 0 Å². The van der Waals surface area contributed by atoms with Gasteiger partial charge in [0.2, 0.25) is 0 Å². The number of phosphoric ester groups is 1. The molecule has 0 aliphatic carbocycles. The van der Waals surface area contributed by atoms with Gasteiger partial charge in [0.05, 0.1) is 13.2 Å². The van der Waals surface area contributed by atoms with Crippen LogP contribution in [0.5, 0.6) is 0 Å². The first-order valence-electron chi connectivity index (χ1n) is 35.8.